The standard InChI is InChI=1S/C18H23NO3/c1-11-5-16-15(7-18(20)22-17(16)6-12(11)2)10-19-8-13(3)21-14(4)9-19/h5-7,13-14H,8-10H2,1-4H3/p+1/t13-,14-/m0/s1. The van der Waals surface area contributed by atoms with Crippen molar-refractivity contribution in [1.82, 2.24) is 0 Å². The molecule has 1 N–H and O–H groups in total. The van der Waals surface area contributed by atoms with Crippen LogP contribution in [-0.2, 0) is 11.3 Å². The van der Waals surface area contributed by atoms with Gasteiger partial charge in [-0.1, -0.05) is 0 Å². The number of rotatable bonds is 2. The summed E-state index contributed by atoms with van der Waals surface area (Å²) >= 11 is 0. The molecule has 4 heteroatoms. The predicted molar refractivity (Wildman–Crippen MR) is 86.4 cm³/mol. The first-order chi connectivity index (χ1) is 10.4. The zero-order chi connectivity index (χ0) is 15.9. The van der Waals surface area contributed by atoms with E-state index in [1.54, 1.807) is 6.07 Å². The van der Waals surface area contributed by atoms with Crippen molar-refractivity contribution < 1.29 is 14.1 Å². The lowest BCUT2D eigenvalue weighted by Crippen LogP contribution is -3.14. The lowest BCUT2D eigenvalue weighted by Gasteiger charge is -2.32. The Kier molecular flexibility index (Phi) is 4.06. The van der Waals surface area contributed by atoms with Crippen LogP contribution < -0.4 is 10.5 Å². The average molecular weight is 302 g/mol. The quantitative estimate of drug-likeness (QED) is 0.857. The van der Waals surface area contributed by atoms with E-state index >= 15 is 0 Å². The fourth-order valence-electron chi connectivity index (χ4n) is 3.43. The van der Waals surface area contributed by atoms with Gasteiger partial charge in [0.25, 0.3) is 0 Å². The van der Waals surface area contributed by atoms with Gasteiger partial charge in [0.1, 0.15) is 37.4 Å². The lowest BCUT2D eigenvalue weighted by molar-refractivity contribution is -0.928. The summed E-state index contributed by atoms with van der Waals surface area (Å²) in [5, 5.41) is 1.06. The van der Waals surface area contributed by atoms with Crippen molar-refractivity contribution in [3.05, 3.63) is 45.3 Å². The summed E-state index contributed by atoms with van der Waals surface area (Å²) in [6.07, 6.45) is 0.517. The van der Waals surface area contributed by atoms with Crippen LogP contribution in [0.25, 0.3) is 11.0 Å². The molecule has 1 saturated heterocycles. The molecule has 118 valence electrons. The highest BCUT2D eigenvalue weighted by molar-refractivity contribution is 5.81. The van der Waals surface area contributed by atoms with Crippen LogP contribution >= 0.6 is 0 Å². The minimum atomic E-state index is -0.264. The highest BCUT2D eigenvalue weighted by Gasteiger charge is 2.26. The molecular weight excluding hydrogens is 278 g/mol. The van der Waals surface area contributed by atoms with Crippen LogP contribution in [0.3, 0.4) is 0 Å². The Morgan fingerprint density at radius 2 is 1.73 bits per heavy atom. The van der Waals surface area contributed by atoms with Crippen molar-refractivity contribution in [1.29, 1.82) is 0 Å². The maximum atomic E-state index is 11.9. The van der Waals surface area contributed by atoms with Gasteiger partial charge < -0.3 is 14.1 Å². The molecule has 1 aliphatic heterocycles. The molecule has 1 fully saturated rings. The number of hydrogen-bond acceptors (Lipinski definition) is 3. The van der Waals surface area contributed by atoms with E-state index in [0.29, 0.717) is 5.58 Å². The smallest absolute Gasteiger partial charge is 0.336 e. The number of benzene rings is 1. The molecule has 2 atom stereocenters. The molecule has 4 nitrogen and oxygen atoms in total. The van der Waals surface area contributed by atoms with Crippen LogP contribution in [0.5, 0.6) is 0 Å². The maximum Gasteiger partial charge on any atom is 0.336 e. The van der Waals surface area contributed by atoms with E-state index in [1.807, 2.05) is 13.0 Å². The first-order valence-corrected chi connectivity index (χ1v) is 7.95. The van der Waals surface area contributed by atoms with Gasteiger partial charge in [0.05, 0.1) is 0 Å². The number of quaternary nitrogens is 1. The van der Waals surface area contributed by atoms with E-state index in [1.165, 1.54) is 10.5 Å². The Labute approximate surface area is 130 Å². The largest absolute Gasteiger partial charge is 0.423 e. The van der Waals surface area contributed by atoms with Gasteiger partial charge in [0, 0.05) is 17.0 Å². The SMILES string of the molecule is Cc1cc2oc(=O)cc(C[NH+]3C[C@H](C)O[C@@H](C)C3)c2cc1C. The predicted octanol–water partition coefficient (Wildman–Crippen LogP) is 1.60. The van der Waals surface area contributed by atoms with Crippen molar-refractivity contribution >= 4 is 11.0 Å². The van der Waals surface area contributed by atoms with E-state index in [4.69, 9.17) is 9.15 Å². The molecule has 1 aromatic carbocycles. The lowest BCUT2D eigenvalue weighted by atomic mass is 10.0. The second kappa shape index (κ2) is 5.86. The summed E-state index contributed by atoms with van der Waals surface area (Å²) in [5.41, 5.74) is 3.87. The summed E-state index contributed by atoms with van der Waals surface area (Å²) in [5.74, 6) is 0. The third kappa shape index (κ3) is 3.08. The monoisotopic (exact) mass is 302 g/mol. The number of nitrogens with one attached hydrogen (secondary N) is 1. The summed E-state index contributed by atoms with van der Waals surface area (Å²) < 4.78 is 11.2. The van der Waals surface area contributed by atoms with Gasteiger partial charge in [-0.2, -0.15) is 0 Å². The Balaban J connectivity index is 1.99. The Morgan fingerprint density at radius 1 is 1.09 bits per heavy atom. The molecule has 0 unspecified atom stereocenters. The second-order valence-corrected chi connectivity index (χ2v) is 6.62. The highest BCUT2D eigenvalue weighted by Crippen LogP contribution is 2.21. The van der Waals surface area contributed by atoms with Crippen LogP contribution in [0, 0.1) is 13.8 Å². The van der Waals surface area contributed by atoms with E-state index in [9.17, 15) is 4.79 Å². The van der Waals surface area contributed by atoms with Crippen molar-refractivity contribution in [2.24, 2.45) is 0 Å². The zero-order valence-electron chi connectivity index (χ0n) is 13.7. The average Bonchev–Trinajstić information content (AvgIpc) is 2.39. The summed E-state index contributed by atoms with van der Waals surface area (Å²) in [4.78, 5) is 13.3. The highest BCUT2D eigenvalue weighted by atomic mass is 16.5. The molecule has 0 bridgehead atoms. The van der Waals surface area contributed by atoms with Gasteiger partial charge >= 0.3 is 5.63 Å². The molecule has 0 spiro atoms. The zero-order valence-corrected chi connectivity index (χ0v) is 13.7. The Morgan fingerprint density at radius 3 is 2.41 bits per heavy atom. The summed E-state index contributed by atoms with van der Waals surface area (Å²) in [6.45, 7) is 11.1. The van der Waals surface area contributed by atoms with Crippen LogP contribution in [0.4, 0.5) is 0 Å². The van der Waals surface area contributed by atoms with Gasteiger partial charge in [0.15, 0.2) is 0 Å². The second-order valence-electron chi connectivity index (χ2n) is 6.62. The van der Waals surface area contributed by atoms with Crippen molar-refractivity contribution in [3.63, 3.8) is 0 Å². The van der Waals surface area contributed by atoms with Crippen LogP contribution in [0.1, 0.15) is 30.5 Å². The first kappa shape index (κ1) is 15.3. The summed E-state index contributed by atoms with van der Waals surface area (Å²) in [7, 11) is 0. The van der Waals surface area contributed by atoms with Gasteiger partial charge in [0.2, 0.25) is 0 Å². The third-order valence-electron chi connectivity index (χ3n) is 4.50. The number of fused-ring (bicyclic) bond motifs is 1. The normalized spacial score (nSPS) is 25.5. The fourth-order valence-corrected chi connectivity index (χ4v) is 3.43. The molecule has 2 aromatic rings. The molecule has 1 aromatic heterocycles. The molecule has 0 radical (unpaired) electrons. The van der Waals surface area contributed by atoms with Gasteiger partial charge in [-0.3, -0.25) is 0 Å². The molecular formula is C18H24NO3+. The van der Waals surface area contributed by atoms with Crippen molar-refractivity contribution in [2.45, 2.75) is 46.4 Å². The number of aryl methyl sites for hydroxylation is 2. The van der Waals surface area contributed by atoms with Gasteiger partial charge in [-0.25, -0.2) is 4.79 Å². The Bertz CT molecular complexity index is 740. The molecule has 0 saturated carbocycles. The van der Waals surface area contributed by atoms with Crippen LogP contribution in [0.15, 0.2) is 27.4 Å². The van der Waals surface area contributed by atoms with Crippen molar-refractivity contribution in [3.8, 4) is 0 Å². The van der Waals surface area contributed by atoms with E-state index in [-0.39, 0.29) is 17.8 Å². The first-order valence-electron chi connectivity index (χ1n) is 7.95. The number of hydrogen-bond donors (Lipinski definition) is 1. The Hall–Kier alpha value is -1.65. The molecule has 22 heavy (non-hydrogen) atoms. The minimum absolute atomic E-state index is 0.258. The molecule has 2 heterocycles. The van der Waals surface area contributed by atoms with Crippen molar-refractivity contribution in [2.75, 3.05) is 13.1 Å². The molecule has 0 amide bonds. The van der Waals surface area contributed by atoms with Gasteiger partial charge in [-0.15, -0.1) is 0 Å². The van der Waals surface area contributed by atoms with E-state index < -0.39 is 0 Å². The van der Waals surface area contributed by atoms with Crippen LogP contribution in [0.2, 0.25) is 0 Å². The number of morpholine rings is 1. The topological polar surface area (TPSA) is 43.9 Å². The molecule has 1 aliphatic rings. The fraction of sp³-hybridized carbons (Fsp3) is 0.500. The minimum Gasteiger partial charge on any atom is -0.423 e. The summed E-state index contributed by atoms with van der Waals surface area (Å²) in [6, 6.07) is 5.75. The van der Waals surface area contributed by atoms with E-state index in [2.05, 4.69) is 26.8 Å². The van der Waals surface area contributed by atoms with Crippen LogP contribution in [-0.4, -0.2) is 25.3 Å². The third-order valence-corrected chi connectivity index (χ3v) is 4.50. The van der Waals surface area contributed by atoms with E-state index in [0.717, 1.165) is 36.1 Å². The molecule has 3 rings (SSSR count). The number of ether oxygens (including phenoxy) is 1. The molecule has 0 aliphatic carbocycles. The maximum absolute atomic E-state index is 11.9. The van der Waals surface area contributed by atoms with Gasteiger partial charge in [-0.05, 0) is 51.0 Å².